The topological polar surface area (TPSA) is 125 Å². The number of anilines is 1. The molecule has 184 valence electrons. The van der Waals surface area contributed by atoms with Gasteiger partial charge in [0, 0.05) is 44.3 Å². The number of hydrogen-bond acceptors (Lipinski definition) is 6. The van der Waals surface area contributed by atoms with E-state index in [1.165, 1.54) is 36.4 Å². The molecule has 0 aromatic carbocycles. The molecule has 1 aliphatic rings. The van der Waals surface area contributed by atoms with E-state index in [9.17, 15) is 8.42 Å². The number of pyridine rings is 1. The number of guanidine groups is 1. The molecular formula is C23H38N6O3S. The highest BCUT2D eigenvalue weighted by atomic mass is 32.2. The Kier molecular flexibility index (Phi) is 13.4. The van der Waals surface area contributed by atoms with Crippen LogP contribution in [-0.2, 0) is 15.6 Å². The first kappa shape index (κ1) is 27.0. The van der Waals surface area contributed by atoms with Gasteiger partial charge in [-0.15, -0.1) is 4.99 Å². The maximum Gasteiger partial charge on any atom is 0.211 e. The van der Waals surface area contributed by atoms with Crippen molar-refractivity contribution < 1.29 is 13.2 Å². The summed E-state index contributed by atoms with van der Waals surface area (Å²) in [5.41, 5.74) is 6.79. The number of nitrogens with zero attached hydrogens (tertiary/aromatic N) is 5. The molecular weight excluding hydrogens is 440 g/mol. The zero-order valence-corrected chi connectivity index (χ0v) is 20.4. The number of rotatable bonds is 15. The predicted octanol–water partition coefficient (Wildman–Crippen LogP) is 3.06. The summed E-state index contributed by atoms with van der Waals surface area (Å²) >= 11 is 0. The number of hydrogen-bond donors (Lipinski definition) is 2. The quantitative estimate of drug-likeness (QED) is 0.130. The first-order chi connectivity index (χ1) is 16.1. The van der Waals surface area contributed by atoms with Crippen molar-refractivity contribution in [2.24, 2.45) is 16.6 Å². The molecule has 0 saturated heterocycles. The van der Waals surface area contributed by atoms with Gasteiger partial charge < -0.3 is 15.4 Å². The molecule has 0 bridgehead atoms. The molecule has 2 rings (SSSR count). The van der Waals surface area contributed by atoms with Crippen LogP contribution in [-0.4, -0.2) is 56.5 Å². The number of thiol groups is 1. The Balaban J connectivity index is 1.60. The largest absolute Gasteiger partial charge is 0.380 e. The minimum atomic E-state index is -2.58. The summed E-state index contributed by atoms with van der Waals surface area (Å²) in [6.45, 7) is 2.85. The highest BCUT2D eigenvalue weighted by Gasteiger charge is 2.14. The third-order valence-corrected chi connectivity index (χ3v) is 6.88. The third-order valence-electron chi connectivity index (χ3n) is 6.02. The Hall–Kier alpha value is -2.22. The average molecular weight is 479 g/mol. The second-order valence-electron chi connectivity index (χ2n) is 8.47. The highest BCUT2D eigenvalue weighted by molar-refractivity contribution is 7.69. The van der Waals surface area contributed by atoms with Gasteiger partial charge in [-0.3, -0.25) is 4.98 Å². The van der Waals surface area contributed by atoms with Crippen molar-refractivity contribution >= 4 is 22.5 Å². The third kappa shape index (κ3) is 11.0. The Labute approximate surface area is 199 Å². The number of aromatic nitrogens is 1. The van der Waals surface area contributed by atoms with Crippen LogP contribution in [0.25, 0.3) is 0 Å². The smallest absolute Gasteiger partial charge is 0.211 e. The Morgan fingerprint density at radius 3 is 2.42 bits per heavy atom. The molecule has 1 aromatic heterocycles. The minimum absolute atomic E-state index is 0.171. The summed E-state index contributed by atoms with van der Waals surface area (Å²) in [5, 5.41) is 8.80. The molecule has 10 heteroatoms. The van der Waals surface area contributed by atoms with Crippen molar-refractivity contribution in [1.29, 1.82) is 5.26 Å². The van der Waals surface area contributed by atoms with Gasteiger partial charge in [0.1, 0.15) is 0 Å². The standard InChI is InChI=1S/C23H38N6O3S/c24-20-27-23(25)29(22-11-13-26-14-12-22)16-8-3-1-2-7-15-28(33(30)31)17-18-32-19-21-9-5-4-6-10-21/h11-14,21,33H,1-10,15-19H2,(H2,25,27). The van der Waals surface area contributed by atoms with Crippen molar-refractivity contribution in [3.8, 4) is 6.19 Å². The molecule has 0 amide bonds. The number of nitrogens with two attached hydrogens (primary N) is 1. The summed E-state index contributed by atoms with van der Waals surface area (Å²) < 4.78 is 30.3. The van der Waals surface area contributed by atoms with E-state index in [1.54, 1.807) is 18.6 Å². The molecule has 0 atom stereocenters. The molecule has 1 heterocycles. The fourth-order valence-corrected chi connectivity index (χ4v) is 4.70. The molecule has 1 aromatic rings. The molecule has 1 saturated carbocycles. The zero-order chi connectivity index (χ0) is 23.7. The van der Waals surface area contributed by atoms with E-state index in [0.29, 0.717) is 32.2 Å². The molecule has 9 nitrogen and oxygen atoms in total. The van der Waals surface area contributed by atoms with Gasteiger partial charge in [-0.25, -0.2) is 12.7 Å². The lowest BCUT2D eigenvalue weighted by Crippen LogP contribution is -2.38. The number of aliphatic imine (C=N–C) groups is 1. The van der Waals surface area contributed by atoms with E-state index in [2.05, 4.69) is 9.98 Å². The summed E-state index contributed by atoms with van der Waals surface area (Å²) in [5.74, 6) is 0.813. The number of ether oxygens (including phenoxy) is 1. The fraction of sp³-hybridized carbons (Fsp3) is 0.696. The molecule has 0 spiro atoms. The minimum Gasteiger partial charge on any atom is -0.380 e. The lowest BCUT2D eigenvalue weighted by molar-refractivity contribution is 0.0787. The van der Waals surface area contributed by atoms with Crippen molar-refractivity contribution in [3.63, 3.8) is 0 Å². The van der Waals surface area contributed by atoms with E-state index >= 15 is 0 Å². The molecule has 0 radical (unpaired) electrons. The normalized spacial score (nSPS) is 15.1. The van der Waals surface area contributed by atoms with Crippen LogP contribution in [0.3, 0.4) is 0 Å². The van der Waals surface area contributed by atoms with E-state index in [0.717, 1.165) is 44.4 Å². The first-order valence-electron chi connectivity index (χ1n) is 12.0. The van der Waals surface area contributed by atoms with Crippen LogP contribution < -0.4 is 10.6 Å². The van der Waals surface area contributed by atoms with Crippen LogP contribution in [0.4, 0.5) is 5.69 Å². The lowest BCUT2D eigenvalue weighted by Gasteiger charge is -2.22. The Morgan fingerprint density at radius 2 is 1.76 bits per heavy atom. The van der Waals surface area contributed by atoms with Gasteiger partial charge in [-0.2, -0.15) is 5.26 Å². The lowest BCUT2D eigenvalue weighted by atomic mass is 9.90. The monoisotopic (exact) mass is 478 g/mol. The summed E-state index contributed by atoms with van der Waals surface area (Å²) in [7, 11) is -2.58. The van der Waals surface area contributed by atoms with Crippen molar-refractivity contribution in [2.75, 3.05) is 37.7 Å². The van der Waals surface area contributed by atoms with E-state index < -0.39 is 10.9 Å². The van der Waals surface area contributed by atoms with Crippen LogP contribution in [0.1, 0.15) is 64.2 Å². The first-order valence-corrected chi connectivity index (χ1v) is 13.1. The Morgan fingerprint density at radius 1 is 1.09 bits per heavy atom. The van der Waals surface area contributed by atoms with Gasteiger partial charge in [0.25, 0.3) is 0 Å². The van der Waals surface area contributed by atoms with E-state index in [-0.39, 0.29) is 5.96 Å². The van der Waals surface area contributed by atoms with Gasteiger partial charge in [0.05, 0.1) is 6.61 Å². The maximum atomic E-state index is 11.5. The van der Waals surface area contributed by atoms with E-state index in [4.69, 9.17) is 15.7 Å². The van der Waals surface area contributed by atoms with Gasteiger partial charge in [-0.05, 0) is 43.7 Å². The molecule has 0 unspecified atom stereocenters. The number of nitriles is 1. The second-order valence-corrected chi connectivity index (χ2v) is 9.51. The molecule has 1 fully saturated rings. The van der Waals surface area contributed by atoms with Crippen LogP contribution in [0.15, 0.2) is 29.5 Å². The predicted molar refractivity (Wildman–Crippen MR) is 131 cm³/mol. The fourth-order valence-electron chi connectivity index (χ4n) is 4.15. The molecule has 2 N–H and O–H groups in total. The van der Waals surface area contributed by atoms with Gasteiger partial charge >= 0.3 is 0 Å². The zero-order valence-electron chi connectivity index (χ0n) is 19.5. The van der Waals surface area contributed by atoms with Crippen LogP contribution in [0.2, 0.25) is 0 Å². The highest BCUT2D eigenvalue weighted by Crippen LogP contribution is 2.23. The van der Waals surface area contributed by atoms with Crippen molar-refractivity contribution in [1.82, 2.24) is 9.29 Å². The SMILES string of the molecule is N#CN=C(N)N(CCCCCCCN(CCOCC1CCCCC1)[SH](=O)=O)c1ccncc1. The van der Waals surface area contributed by atoms with Gasteiger partial charge in [-0.1, -0.05) is 38.5 Å². The maximum absolute atomic E-state index is 11.5. The van der Waals surface area contributed by atoms with Crippen molar-refractivity contribution in [2.45, 2.75) is 64.2 Å². The molecule has 0 aliphatic heterocycles. The van der Waals surface area contributed by atoms with Crippen LogP contribution >= 0.6 is 0 Å². The van der Waals surface area contributed by atoms with Gasteiger partial charge in [0.2, 0.25) is 23.0 Å². The van der Waals surface area contributed by atoms with Gasteiger partial charge in [0.15, 0.2) is 0 Å². The second kappa shape index (κ2) is 16.4. The summed E-state index contributed by atoms with van der Waals surface area (Å²) in [6, 6.07) is 3.66. The Bertz CT molecular complexity index is 798. The summed E-state index contributed by atoms with van der Waals surface area (Å²) in [6.07, 6.45) is 16.1. The number of unbranched alkanes of at least 4 members (excludes halogenated alkanes) is 4. The van der Waals surface area contributed by atoms with Crippen LogP contribution in [0.5, 0.6) is 0 Å². The average Bonchev–Trinajstić information content (AvgIpc) is 2.83. The molecule has 33 heavy (non-hydrogen) atoms. The van der Waals surface area contributed by atoms with Crippen molar-refractivity contribution in [3.05, 3.63) is 24.5 Å². The summed E-state index contributed by atoms with van der Waals surface area (Å²) in [4.78, 5) is 9.47. The van der Waals surface area contributed by atoms with Crippen LogP contribution in [0, 0.1) is 17.4 Å². The van der Waals surface area contributed by atoms with E-state index in [1.807, 2.05) is 17.0 Å². The molecule has 1 aliphatic carbocycles.